The van der Waals surface area contributed by atoms with E-state index >= 15 is 0 Å². The molecule has 0 spiro atoms. The van der Waals surface area contributed by atoms with Crippen molar-refractivity contribution in [1.29, 1.82) is 0 Å². The van der Waals surface area contributed by atoms with Crippen LogP contribution in [0.2, 0.25) is 0 Å². The normalized spacial score (nSPS) is 11.8. The molecule has 7 heteroatoms. The van der Waals surface area contributed by atoms with Gasteiger partial charge >= 0.3 is 12.0 Å². The zero-order valence-corrected chi connectivity index (χ0v) is 10.3. The van der Waals surface area contributed by atoms with E-state index in [1.165, 1.54) is 0 Å². The zero-order valence-electron chi connectivity index (χ0n) is 10.3. The molecule has 0 aromatic carbocycles. The Kier molecular flexibility index (Phi) is 5.69. The fourth-order valence-electron chi connectivity index (χ4n) is 1.47. The molecule has 0 aliphatic carbocycles. The third kappa shape index (κ3) is 5.88. The lowest BCUT2D eigenvalue weighted by Crippen LogP contribution is -2.40. The van der Waals surface area contributed by atoms with Gasteiger partial charge < -0.3 is 20.7 Å². The molecule has 1 aromatic rings. The topological polar surface area (TPSA) is 107 Å². The first-order valence-corrected chi connectivity index (χ1v) is 5.82. The molecule has 1 heterocycles. The number of rotatable bonds is 7. The van der Waals surface area contributed by atoms with Gasteiger partial charge in [-0.25, -0.2) is 9.78 Å². The summed E-state index contributed by atoms with van der Waals surface area (Å²) in [5, 5.41) is 13.9. The summed E-state index contributed by atoms with van der Waals surface area (Å²) in [6.07, 6.45) is 4.61. The number of aromatic amines is 1. The largest absolute Gasteiger partial charge is 0.481 e. The molecular formula is C11H18N4O3. The number of aliphatic carboxylic acids is 1. The Balaban J connectivity index is 2.13. The molecule has 0 saturated heterocycles. The van der Waals surface area contributed by atoms with Crippen molar-refractivity contribution in [1.82, 2.24) is 20.6 Å². The molecule has 0 aliphatic rings. The molecule has 18 heavy (non-hydrogen) atoms. The van der Waals surface area contributed by atoms with Gasteiger partial charge in [0.25, 0.3) is 0 Å². The summed E-state index contributed by atoms with van der Waals surface area (Å²) < 4.78 is 0. The number of carbonyl (C=O) groups excluding carboxylic acids is 1. The molecule has 1 aromatic heterocycles. The molecule has 0 bridgehead atoms. The van der Waals surface area contributed by atoms with E-state index in [4.69, 9.17) is 5.11 Å². The van der Waals surface area contributed by atoms with Crippen molar-refractivity contribution in [3.63, 3.8) is 0 Å². The number of hydrogen-bond donors (Lipinski definition) is 4. The monoisotopic (exact) mass is 254 g/mol. The van der Waals surface area contributed by atoms with Gasteiger partial charge in [-0.05, 0) is 19.8 Å². The molecule has 7 nitrogen and oxygen atoms in total. The van der Waals surface area contributed by atoms with Gasteiger partial charge in [0.1, 0.15) is 5.82 Å². The lowest BCUT2D eigenvalue weighted by atomic mass is 10.1. The second-order valence-corrected chi connectivity index (χ2v) is 4.05. The van der Waals surface area contributed by atoms with Gasteiger partial charge in [-0.1, -0.05) is 0 Å². The van der Waals surface area contributed by atoms with Gasteiger partial charge in [0.15, 0.2) is 0 Å². The van der Waals surface area contributed by atoms with Crippen LogP contribution in [0.5, 0.6) is 0 Å². The number of carboxylic acids is 1. The fourth-order valence-corrected chi connectivity index (χ4v) is 1.47. The summed E-state index contributed by atoms with van der Waals surface area (Å²) in [4.78, 5) is 28.6. The van der Waals surface area contributed by atoms with E-state index < -0.39 is 5.97 Å². The molecular weight excluding hydrogens is 236 g/mol. The number of carbonyl (C=O) groups is 2. The Hall–Kier alpha value is -2.05. The van der Waals surface area contributed by atoms with E-state index in [1.807, 2.05) is 6.92 Å². The Labute approximate surface area is 105 Å². The Morgan fingerprint density at radius 1 is 1.56 bits per heavy atom. The van der Waals surface area contributed by atoms with Crippen molar-refractivity contribution in [2.45, 2.75) is 38.8 Å². The first-order chi connectivity index (χ1) is 8.58. The predicted octanol–water partition coefficient (Wildman–Crippen LogP) is 0.852. The number of carboxylic acid groups (broad SMARTS) is 1. The highest BCUT2D eigenvalue weighted by atomic mass is 16.4. The van der Waals surface area contributed by atoms with Crippen LogP contribution in [0.15, 0.2) is 12.4 Å². The SMILES string of the molecule is CC(CCCC(=O)O)NC(=O)NCc1ncc[nH]1. The van der Waals surface area contributed by atoms with Crippen molar-refractivity contribution >= 4 is 12.0 Å². The second kappa shape index (κ2) is 7.31. The molecule has 1 unspecified atom stereocenters. The number of urea groups is 1. The minimum Gasteiger partial charge on any atom is -0.481 e. The van der Waals surface area contributed by atoms with E-state index in [2.05, 4.69) is 20.6 Å². The van der Waals surface area contributed by atoms with E-state index in [0.29, 0.717) is 25.2 Å². The number of H-pyrrole nitrogens is 1. The summed E-state index contributed by atoms with van der Waals surface area (Å²) in [5.74, 6) is -0.131. The number of imidazole rings is 1. The zero-order chi connectivity index (χ0) is 13.4. The van der Waals surface area contributed by atoms with Crippen LogP contribution in [-0.4, -0.2) is 33.1 Å². The van der Waals surface area contributed by atoms with Crippen LogP contribution in [0.4, 0.5) is 4.79 Å². The van der Waals surface area contributed by atoms with Gasteiger partial charge in [0, 0.05) is 24.9 Å². The van der Waals surface area contributed by atoms with Gasteiger partial charge in [0.05, 0.1) is 6.54 Å². The van der Waals surface area contributed by atoms with Crippen LogP contribution in [0.1, 0.15) is 32.0 Å². The standard InChI is InChI=1S/C11H18N4O3/c1-8(3-2-4-10(16)17)15-11(18)14-7-9-12-5-6-13-9/h5-6,8H,2-4,7H2,1H3,(H,12,13)(H,16,17)(H2,14,15,18). The number of nitrogens with zero attached hydrogens (tertiary/aromatic N) is 1. The van der Waals surface area contributed by atoms with Crippen LogP contribution in [0, 0.1) is 0 Å². The summed E-state index contributed by atoms with van der Waals surface area (Å²) >= 11 is 0. The van der Waals surface area contributed by atoms with Crippen LogP contribution in [0.25, 0.3) is 0 Å². The van der Waals surface area contributed by atoms with Crippen molar-refractivity contribution in [2.75, 3.05) is 0 Å². The van der Waals surface area contributed by atoms with Crippen LogP contribution in [0.3, 0.4) is 0 Å². The Morgan fingerprint density at radius 3 is 2.94 bits per heavy atom. The Morgan fingerprint density at radius 2 is 2.33 bits per heavy atom. The highest BCUT2D eigenvalue weighted by Crippen LogP contribution is 2.00. The van der Waals surface area contributed by atoms with Crippen LogP contribution >= 0.6 is 0 Å². The van der Waals surface area contributed by atoms with E-state index in [-0.39, 0.29) is 18.5 Å². The lowest BCUT2D eigenvalue weighted by Gasteiger charge is -2.13. The third-order valence-corrected chi connectivity index (χ3v) is 2.38. The van der Waals surface area contributed by atoms with Crippen molar-refractivity contribution < 1.29 is 14.7 Å². The summed E-state index contributed by atoms with van der Waals surface area (Å²) in [6.45, 7) is 2.18. The van der Waals surface area contributed by atoms with Crippen molar-refractivity contribution in [3.8, 4) is 0 Å². The predicted molar refractivity (Wildman–Crippen MR) is 64.9 cm³/mol. The first kappa shape index (κ1) is 14.0. The maximum Gasteiger partial charge on any atom is 0.315 e. The molecule has 0 fully saturated rings. The van der Waals surface area contributed by atoms with Crippen LogP contribution in [-0.2, 0) is 11.3 Å². The van der Waals surface area contributed by atoms with Crippen molar-refractivity contribution in [2.24, 2.45) is 0 Å². The van der Waals surface area contributed by atoms with E-state index in [9.17, 15) is 9.59 Å². The summed E-state index contributed by atoms with van der Waals surface area (Å²) in [7, 11) is 0. The van der Waals surface area contributed by atoms with Gasteiger partial charge in [0.2, 0.25) is 0 Å². The average molecular weight is 254 g/mol. The number of hydrogen-bond acceptors (Lipinski definition) is 3. The molecule has 2 amide bonds. The molecule has 0 saturated carbocycles. The third-order valence-electron chi connectivity index (χ3n) is 2.38. The van der Waals surface area contributed by atoms with Gasteiger partial charge in [-0.3, -0.25) is 4.79 Å². The highest BCUT2D eigenvalue weighted by molar-refractivity contribution is 5.74. The molecule has 1 rings (SSSR count). The summed E-state index contributed by atoms with van der Waals surface area (Å²) in [6, 6.07) is -0.338. The molecule has 1 atom stereocenters. The molecule has 4 N–H and O–H groups in total. The van der Waals surface area contributed by atoms with Gasteiger partial charge in [-0.15, -0.1) is 0 Å². The van der Waals surface area contributed by atoms with Gasteiger partial charge in [-0.2, -0.15) is 0 Å². The fraction of sp³-hybridized carbons (Fsp3) is 0.545. The van der Waals surface area contributed by atoms with E-state index in [0.717, 1.165) is 0 Å². The minimum absolute atomic E-state index is 0.0547. The quantitative estimate of drug-likeness (QED) is 0.578. The second-order valence-electron chi connectivity index (χ2n) is 4.05. The molecule has 0 aliphatic heterocycles. The number of amides is 2. The first-order valence-electron chi connectivity index (χ1n) is 5.82. The van der Waals surface area contributed by atoms with E-state index in [1.54, 1.807) is 12.4 Å². The molecule has 100 valence electrons. The maximum atomic E-state index is 11.5. The highest BCUT2D eigenvalue weighted by Gasteiger charge is 2.08. The maximum absolute atomic E-state index is 11.5. The number of nitrogens with one attached hydrogen (secondary N) is 3. The smallest absolute Gasteiger partial charge is 0.315 e. The lowest BCUT2D eigenvalue weighted by molar-refractivity contribution is -0.137. The van der Waals surface area contributed by atoms with Crippen molar-refractivity contribution in [3.05, 3.63) is 18.2 Å². The van der Waals surface area contributed by atoms with Crippen LogP contribution < -0.4 is 10.6 Å². The minimum atomic E-state index is -0.815. The molecule has 0 radical (unpaired) electrons. The summed E-state index contributed by atoms with van der Waals surface area (Å²) in [5.41, 5.74) is 0. The average Bonchev–Trinajstić information content (AvgIpc) is 2.78. The number of aromatic nitrogens is 2. The Bertz CT molecular complexity index is 378.